The van der Waals surface area contributed by atoms with E-state index in [0.29, 0.717) is 4.88 Å². The van der Waals surface area contributed by atoms with E-state index < -0.39 is 0 Å². The van der Waals surface area contributed by atoms with Crippen molar-refractivity contribution in [2.75, 3.05) is 33.2 Å². The van der Waals surface area contributed by atoms with Crippen molar-refractivity contribution >= 4 is 17.2 Å². The molecule has 0 saturated carbocycles. The van der Waals surface area contributed by atoms with Gasteiger partial charge in [-0.3, -0.25) is 15.1 Å². The number of nitrogen functional groups attached to an aromatic ring is 1. The fraction of sp³-hybridized carbons (Fsp3) is 0.615. The zero-order valence-electron chi connectivity index (χ0n) is 11.6. The number of nitrogens with one attached hydrogen (secondary N) is 1. The van der Waals surface area contributed by atoms with Crippen molar-refractivity contribution in [2.24, 2.45) is 5.84 Å². The van der Waals surface area contributed by atoms with E-state index >= 15 is 0 Å². The van der Waals surface area contributed by atoms with Crippen molar-refractivity contribution < 1.29 is 4.79 Å². The number of likely N-dealkylation sites (N-methyl/N-ethyl adjacent to an activating group) is 1. The highest BCUT2D eigenvalue weighted by Crippen LogP contribution is 2.23. The molecule has 5 nitrogen and oxygen atoms in total. The molecule has 0 aliphatic carbocycles. The molecule has 1 aromatic heterocycles. The summed E-state index contributed by atoms with van der Waals surface area (Å²) in [6.45, 7) is 7.48. The summed E-state index contributed by atoms with van der Waals surface area (Å²) in [4.78, 5) is 18.3. The zero-order valence-corrected chi connectivity index (χ0v) is 12.4. The first-order valence-corrected chi connectivity index (χ1v) is 7.43. The molecular formula is C13H22N4OS. The number of nitrogens with two attached hydrogens (primary N) is 1. The summed E-state index contributed by atoms with van der Waals surface area (Å²) in [7, 11) is 2.17. The van der Waals surface area contributed by atoms with Crippen LogP contribution in [0.3, 0.4) is 0 Å². The van der Waals surface area contributed by atoms with Crippen molar-refractivity contribution in [1.29, 1.82) is 0 Å². The molecule has 0 atom stereocenters. The van der Waals surface area contributed by atoms with Crippen LogP contribution in [0.15, 0.2) is 6.07 Å². The van der Waals surface area contributed by atoms with Crippen LogP contribution in [0.1, 0.15) is 26.5 Å². The normalized spacial score (nSPS) is 18.3. The van der Waals surface area contributed by atoms with Crippen LogP contribution in [-0.2, 0) is 6.54 Å². The number of carbonyl (C=O) groups is 1. The van der Waals surface area contributed by atoms with Crippen LogP contribution in [0.5, 0.6) is 0 Å². The lowest BCUT2D eigenvalue weighted by Crippen LogP contribution is -2.29. The number of rotatable bonds is 3. The first-order valence-electron chi connectivity index (χ1n) is 6.61. The Hall–Kier alpha value is -0.950. The predicted octanol–water partition coefficient (Wildman–Crippen LogP) is 0.798. The lowest BCUT2D eigenvalue weighted by Gasteiger charge is -2.19. The quantitative estimate of drug-likeness (QED) is 0.489. The summed E-state index contributed by atoms with van der Waals surface area (Å²) in [5, 5.41) is 0. The summed E-state index contributed by atoms with van der Waals surface area (Å²) in [5.74, 6) is 4.98. The molecule has 106 valence electrons. The monoisotopic (exact) mass is 282 g/mol. The van der Waals surface area contributed by atoms with E-state index in [1.54, 1.807) is 0 Å². The SMILES string of the molecule is Cc1sc(C(=O)NN)cc1CN1CCCN(C)CC1. The average molecular weight is 282 g/mol. The van der Waals surface area contributed by atoms with Gasteiger partial charge in [0.25, 0.3) is 5.91 Å². The number of aryl methyl sites for hydroxylation is 1. The van der Waals surface area contributed by atoms with Gasteiger partial charge in [0.15, 0.2) is 0 Å². The van der Waals surface area contributed by atoms with Crippen molar-refractivity contribution in [3.8, 4) is 0 Å². The van der Waals surface area contributed by atoms with Gasteiger partial charge in [0.1, 0.15) is 0 Å². The van der Waals surface area contributed by atoms with Crippen LogP contribution < -0.4 is 11.3 Å². The minimum absolute atomic E-state index is 0.199. The molecular weight excluding hydrogens is 260 g/mol. The number of hydrogen-bond acceptors (Lipinski definition) is 5. The second kappa shape index (κ2) is 6.47. The van der Waals surface area contributed by atoms with Crippen molar-refractivity contribution in [2.45, 2.75) is 19.9 Å². The number of carbonyl (C=O) groups excluding carboxylic acids is 1. The number of thiophene rings is 1. The van der Waals surface area contributed by atoms with Crippen LogP contribution in [0, 0.1) is 6.92 Å². The van der Waals surface area contributed by atoms with Gasteiger partial charge in [-0.1, -0.05) is 0 Å². The highest BCUT2D eigenvalue weighted by Gasteiger charge is 2.16. The molecule has 1 amide bonds. The highest BCUT2D eigenvalue weighted by molar-refractivity contribution is 7.14. The fourth-order valence-electron chi connectivity index (χ4n) is 2.36. The highest BCUT2D eigenvalue weighted by atomic mass is 32.1. The molecule has 1 saturated heterocycles. The largest absolute Gasteiger partial charge is 0.305 e. The van der Waals surface area contributed by atoms with Crippen molar-refractivity contribution in [1.82, 2.24) is 15.2 Å². The molecule has 0 spiro atoms. The lowest BCUT2D eigenvalue weighted by molar-refractivity contribution is 0.0957. The van der Waals surface area contributed by atoms with Gasteiger partial charge >= 0.3 is 0 Å². The van der Waals surface area contributed by atoms with Gasteiger partial charge < -0.3 is 4.90 Å². The molecule has 0 bridgehead atoms. The van der Waals surface area contributed by atoms with Crippen LogP contribution in [0.25, 0.3) is 0 Å². The third-order valence-corrected chi connectivity index (χ3v) is 4.67. The van der Waals surface area contributed by atoms with E-state index in [-0.39, 0.29) is 5.91 Å². The molecule has 2 rings (SSSR count). The summed E-state index contributed by atoms with van der Waals surface area (Å²) in [6.07, 6.45) is 1.20. The molecule has 0 unspecified atom stereocenters. The Balaban J connectivity index is 2.02. The molecule has 0 aromatic carbocycles. The predicted molar refractivity (Wildman–Crippen MR) is 78.1 cm³/mol. The van der Waals surface area contributed by atoms with E-state index in [0.717, 1.165) is 26.2 Å². The molecule has 1 fully saturated rings. The Morgan fingerprint density at radius 2 is 2.21 bits per heavy atom. The molecule has 1 aliphatic rings. The topological polar surface area (TPSA) is 61.6 Å². The molecule has 3 N–H and O–H groups in total. The number of hydrogen-bond donors (Lipinski definition) is 2. The van der Waals surface area contributed by atoms with Gasteiger partial charge in [0.2, 0.25) is 0 Å². The summed E-state index contributed by atoms with van der Waals surface area (Å²) >= 11 is 1.51. The Morgan fingerprint density at radius 3 is 2.95 bits per heavy atom. The van der Waals surface area contributed by atoms with Gasteiger partial charge in [-0.15, -0.1) is 11.3 Å². The zero-order chi connectivity index (χ0) is 13.8. The number of hydrazine groups is 1. The van der Waals surface area contributed by atoms with E-state index in [1.807, 2.05) is 6.07 Å². The summed E-state index contributed by atoms with van der Waals surface area (Å²) < 4.78 is 0. The van der Waals surface area contributed by atoms with Gasteiger partial charge in [-0.2, -0.15) is 0 Å². The lowest BCUT2D eigenvalue weighted by atomic mass is 10.2. The smallest absolute Gasteiger partial charge is 0.275 e. The van der Waals surface area contributed by atoms with Gasteiger partial charge in [-0.05, 0) is 45.1 Å². The van der Waals surface area contributed by atoms with E-state index in [2.05, 4.69) is 29.2 Å². The van der Waals surface area contributed by atoms with Crippen molar-refractivity contribution in [3.05, 3.63) is 21.4 Å². The molecule has 6 heteroatoms. The number of amides is 1. The first kappa shape index (κ1) is 14.5. The standard InChI is InChI=1S/C13H22N4OS/c1-10-11(8-12(19-10)13(18)15-14)9-17-5-3-4-16(2)6-7-17/h8H,3-7,9,14H2,1-2H3,(H,15,18). The Kier molecular flexibility index (Phi) is 4.93. The van der Waals surface area contributed by atoms with E-state index in [9.17, 15) is 4.79 Å². The maximum atomic E-state index is 11.5. The Labute approximate surface area is 118 Å². The third-order valence-electron chi connectivity index (χ3n) is 3.58. The Bertz CT molecular complexity index is 446. The van der Waals surface area contributed by atoms with Gasteiger partial charge in [-0.25, -0.2) is 5.84 Å². The summed E-state index contributed by atoms with van der Waals surface area (Å²) in [6, 6.07) is 1.97. The molecule has 1 aliphatic heterocycles. The maximum Gasteiger partial charge on any atom is 0.275 e. The van der Waals surface area contributed by atoms with Gasteiger partial charge in [0.05, 0.1) is 4.88 Å². The van der Waals surface area contributed by atoms with Crippen LogP contribution >= 0.6 is 11.3 Å². The van der Waals surface area contributed by atoms with Crippen molar-refractivity contribution in [3.63, 3.8) is 0 Å². The first-order chi connectivity index (χ1) is 9.10. The molecule has 1 aromatic rings. The Morgan fingerprint density at radius 1 is 1.42 bits per heavy atom. The minimum atomic E-state index is -0.199. The minimum Gasteiger partial charge on any atom is -0.305 e. The second-order valence-corrected chi connectivity index (χ2v) is 6.35. The van der Waals surface area contributed by atoms with Crippen LogP contribution in [0.2, 0.25) is 0 Å². The van der Waals surface area contributed by atoms with E-state index in [1.165, 1.54) is 34.7 Å². The van der Waals surface area contributed by atoms with E-state index in [4.69, 9.17) is 5.84 Å². The molecule has 0 radical (unpaired) electrons. The molecule has 2 heterocycles. The van der Waals surface area contributed by atoms with Gasteiger partial charge in [0, 0.05) is 24.5 Å². The third kappa shape index (κ3) is 3.76. The molecule has 19 heavy (non-hydrogen) atoms. The average Bonchev–Trinajstić information content (AvgIpc) is 2.62. The van der Waals surface area contributed by atoms with Crippen LogP contribution in [0.4, 0.5) is 0 Å². The second-order valence-electron chi connectivity index (χ2n) is 5.10. The number of nitrogens with zero attached hydrogens (tertiary/aromatic N) is 2. The summed E-state index contributed by atoms with van der Waals surface area (Å²) in [5.41, 5.74) is 3.44. The maximum absolute atomic E-state index is 11.5. The fourth-order valence-corrected chi connectivity index (χ4v) is 3.30. The van der Waals surface area contributed by atoms with Crippen LogP contribution in [-0.4, -0.2) is 48.9 Å².